The van der Waals surface area contributed by atoms with Crippen molar-refractivity contribution in [1.29, 1.82) is 0 Å². The Bertz CT molecular complexity index is 2740. The molecule has 4 saturated carbocycles. The van der Waals surface area contributed by atoms with Gasteiger partial charge in [0.05, 0.1) is 32.0 Å². The summed E-state index contributed by atoms with van der Waals surface area (Å²) >= 11 is 0. The van der Waals surface area contributed by atoms with E-state index < -0.39 is 194 Å². The van der Waals surface area contributed by atoms with Crippen molar-refractivity contribution >= 4 is 24.0 Å². The summed E-state index contributed by atoms with van der Waals surface area (Å²) in [7, 11) is 0. The topological polar surface area (TPSA) is 418 Å². The Morgan fingerprint density at radius 3 is 1.85 bits per heavy atom. The van der Waals surface area contributed by atoms with Crippen LogP contribution >= 0.6 is 0 Å². The third-order valence-corrected chi connectivity index (χ3v) is 22.5. The van der Waals surface area contributed by atoms with Gasteiger partial charge in [-0.25, -0.2) is 9.59 Å². The number of carboxylic acids is 1. The molecule has 0 unspecified atom stereocenters. The summed E-state index contributed by atoms with van der Waals surface area (Å²) in [5, 5.41) is 149. The molecule has 26 heteroatoms. The first kappa shape index (κ1) is 67.1. The summed E-state index contributed by atoms with van der Waals surface area (Å²) in [4.78, 5) is 41.7. The molecule has 0 aromatic heterocycles. The average molecular weight is 1250 g/mol. The number of carbonyl (C=O) groups excluding carboxylic acids is 2. The quantitative estimate of drug-likeness (QED) is 0.0473. The van der Waals surface area contributed by atoms with E-state index in [0.29, 0.717) is 37.7 Å². The Balaban J connectivity index is 0.908. The van der Waals surface area contributed by atoms with Crippen molar-refractivity contribution in [3.8, 4) is 5.75 Å². The second-order valence-corrected chi connectivity index (χ2v) is 28.3. The Hall–Kier alpha value is -3.85. The van der Waals surface area contributed by atoms with Crippen LogP contribution in [0.1, 0.15) is 112 Å². The lowest BCUT2D eigenvalue weighted by atomic mass is 9.33. The van der Waals surface area contributed by atoms with Gasteiger partial charge in [0.1, 0.15) is 90.5 Å². The fourth-order valence-corrected chi connectivity index (χ4v) is 17.2. The minimum absolute atomic E-state index is 0.0423. The van der Waals surface area contributed by atoms with Gasteiger partial charge in [0, 0.05) is 6.08 Å². The number of benzene rings is 1. The van der Waals surface area contributed by atoms with E-state index in [1.54, 1.807) is 0 Å². The summed E-state index contributed by atoms with van der Waals surface area (Å²) < 4.78 is 53.3. The number of esters is 2. The number of carbonyl (C=O) groups is 3. The molecule has 4 saturated heterocycles. The molecule has 9 aliphatic rings. The standard InChI is InChI=1S/C62H90O26/c1-57(2)20-21-62(30(22-57)29-13-14-35-59(5)18-17-37(84-54-47(76)43(72)44(73)49(87-54)51(77)78)58(3,4)34(59)16-19-60(35,6)61(29,7)23-36(62)66)56(79)88-55-50(48(31(65)26-80-55)86-53-46(75)42(71)40(69)33(25-64)83-53)85-38(67)15-10-27-8-11-28(12-9-27)81-52-45(74)41(70)39(68)32(24-63)82-52/h8-13,15,30-37,39-50,52-55,63-66,68-76H,14,16-26H2,1-7H3,(H,77,78)/b15-10+/t30-,31-,32-,33+,34+,35+,36-,37-,39+,40+,41+,42+,43+,44-,45+,46+,47+,48-,49-,50+,52-,53+,54+,55+,59+,60-,61-,62+/m1/s1. The first-order chi connectivity index (χ1) is 41.3. The van der Waals surface area contributed by atoms with Crippen LogP contribution in [0.25, 0.3) is 6.08 Å². The number of ether oxygens (including phenoxy) is 9. The van der Waals surface area contributed by atoms with Crippen molar-refractivity contribution in [2.75, 3.05) is 19.8 Å². The molecule has 26 nitrogen and oxygen atoms in total. The molecule has 494 valence electrons. The van der Waals surface area contributed by atoms with Gasteiger partial charge in [-0.2, -0.15) is 0 Å². The molecular weight excluding hydrogens is 1160 g/mol. The highest BCUT2D eigenvalue weighted by molar-refractivity contribution is 5.87. The number of hydrogen-bond donors (Lipinski definition) is 14. The van der Waals surface area contributed by atoms with Crippen LogP contribution in [0.2, 0.25) is 0 Å². The third kappa shape index (κ3) is 11.5. The van der Waals surface area contributed by atoms with E-state index in [2.05, 4.69) is 54.5 Å². The van der Waals surface area contributed by atoms with Crippen molar-refractivity contribution in [3.05, 3.63) is 47.6 Å². The van der Waals surface area contributed by atoms with Gasteiger partial charge in [-0.1, -0.05) is 72.2 Å². The van der Waals surface area contributed by atoms with Gasteiger partial charge in [0.25, 0.3) is 0 Å². The summed E-state index contributed by atoms with van der Waals surface area (Å²) in [6.07, 6.45) is -25.0. The summed E-state index contributed by atoms with van der Waals surface area (Å²) in [6.45, 7) is 13.1. The molecule has 0 amide bonds. The third-order valence-electron chi connectivity index (χ3n) is 22.5. The lowest BCUT2D eigenvalue weighted by molar-refractivity contribution is -0.347. The largest absolute Gasteiger partial charge is 0.479 e. The number of hydrogen-bond acceptors (Lipinski definition) is 25. The van der Waals surface area contributed by atoms with Gasteiger partial charge < -0.3 is 114 Å². The number of fused-ring (bicyclic) bond motifs is 7. The number of aliphatic carboxylic acids is 1. The molecule has 5 aliphatic carbocycles. The van der Waals surface area contributed by atoms with Crippen LogP contribution in [0.15, 0.2) is 42.0 Å². The zero-order chi connectivity index (χ0) is 64.1. The van der Waals surface area contributed by atoms with Crippen molar-refractivity contribution < 1.29 is 129 Å². The molecule has 4 aliphatic heterocycles. The van der Waals surface area contributed by atoms with E-state index >= 15 is 4.79 Å². The fraction of sp³-hybridized carbons (Fsp3) is 0.790. The van der Waals surface area contributed by atoms with Gasteiger partial charge in [0.2, 0.25) is 12.6 Å². The van der Waals surface area contributed by atoms with Crippen molar-refractivity contribution in [2.45, 2.75) is 235 Å². The molecule has 28 atom stereocenters. The minimum atomic E-state index is -1.97. The first-order valence-electron chi connectivity index (χ1n) is 30.7. The number of aliphatic hydroxyl groups is 13. The normalized spacial score (nSPS) is 48.1. The summed E-state index contributed by atoms with van der Waals surface area (Å²) in [5.74, 6) is -3.77. The predicted molar refractivity (Wildman–Crippen MR) is 300 cm³/mol. The lowest BCUT2D eigenvalue weighted by Gasteiger charge is -2.71. The van der Waals surface area contributed by atoms with E-state index in [4.69, 9.17) is 42.6 Å². The SMILES string of the molecule is CC1(C)CC[C@@]2(C(=O)O[C@@H]3OC[C@@H](O)[C@@H](O[C@@H]4O[C@@H](CO)[C@H](O)[C@H](O)[C@@H]4O)[C@@H]3OC(=O)/C=C/c3ccc(O[C@@H]4O[C@H](CO)[C@H](O)[C@H](O)[C@@H]4O)cc3)[C@H](O)C[C@]3(C)C(=CC[C@H]4[C@@]5(C)CC[C@@H](O[C@H]6O[C@@H](C(=O)O)[C@H](O)[C@H](O)[C@@H]6O)C(C)(C)[C@@H]5CC[C@]43C)[C@H]2C1. The van der Waals surface area contributed by atoms with Crippen molar-refractivity contribution in [3.63, 3.8) is 0 Å². The van der Waals surface area contributed by atoms with Gasteiger partial charge in [-0.05, 0) is 126 Å². The highest BCUT2D eigenvalue weighted by atomic mass is 16.8. The number of aliphatic hydroxyl groups excluding tert-OH is 13. The molecule has 8 fully saturated rings. The van der Waals surface area contributed by atoms with E-state index in [1.807, 2.05) is 0 Å². The molecule has 0 spiro atoms. The fourth-order valence-electron chi connectivity index (χ4n) is 17.2. The van der Waals surface area contributed by atoms with Gasteiger partial charge in [-0.3, -0.25) is 4.79 Å². The van der Waals surface area contributed by atoms with Crippen LogP contribution in [-0.4, -0.2) is 238 Å². The molecule has 1 aromatic carbocycles. The van der Waals surface area contributed by atoms with Crippen LogP contribution in [-0.2, 0) is 52.3 Å². The molecule has 4 heterocycles. The summed E-state index contributed by atoms with van der Waals surface area (Å²) in [5.41, 5.74) is -2.43. The van der Waals surface area contributed by atoms with E-state index in [0.717, 1.165) is 24.5 Å². The molecule has 14 N–H and O–H groups in total. The molecule has 0 bridgehead atoms. The number of carboxylic acid groups (broad SMARTS) is 1. The molecule has 1 aromatic rings. The van der Waals surface area contributed by atoms with Crippen LogP contribution in [0.4, 0.5) is 0 Å². The highest BCUT2D eigenvalue weighted by Crippen LogP contribution is 2.76. The maximum Gasteiger partial charge on any atom is 0.335 e. The monoisotopic (exact) mass is 1250 g/mol. The van der Waals surface area contributed by atoms with Crippen molar-refractivity contribution in [2.24, 2.45) is 50.2 Å². The van der Waals surface area contributed by atoms with Crippen molar-refractivity contribution in [1.82, 2.24) is 0 Å². The first-order valence-corrected chi connectivity index (χ1v) is 30.7. The Labute approximate surface area is 509 Å². The summed E-state index contributed by atoms with van der Waals surface area (Å²) in [6, 6.07) is 5.91. The molecule has 0 radical (unpaired) electrons. The van der Waals surface area contributed by atoms with Crippen LogP contribution in [0.5, 0.6) is 5.75 Å². The van der Waals surface area contributed by atoms with Crippen LogP contribution < -0.4 is 4.74 Å². The minimum Gasteiger partial charge on any atom is -0.479 e. The van der Waals surface area contributed by atoms with Gasteiger partial charge >= 0.3 is 17.9 Å². The predicted octanol–water partition coefficient (Wildman–Crippen LogP) is -0.714. The lowest BCUT2D eigenvalue weighted by Crippen LogP contribution is -2.68. The zero-order valence-electron chi connectivity index (χ0n) is 50.5. The maximum absolute atomic E-state index is 15.7. The Morgan fingerprint density at radius 1 is 0.625 bits per heavy atom. The second-order valence-electron chi connectivity index (χ2n) is 28.3. The second kappa shape index (κ2) is 24.9. The van der Waals surface area contributed by atoms with Crippen LogP contribution in [0.3, 0.4) is 0 Å². The van der Waals surface area contributed by atoms with E-state index in [1.165, 1.54) is 30.3 Å². The number of rotatable bonds is 14. The Morgan fingerprint density at radius 2 is 1.23 bits per heavy atom. The molecule has 10 rings (SSSR count). The molecular formula is C62H90O26. The smallest absolute Gasteiger partial charge is 0.335 e. The molecule has 88 heavy (non-hydrogen) atoms. The Kier molecular flexibility index (Phi) is 19.0. The van der Waals surface area contributed by atoms with Crippen LogP contribution in [0, 0.1) is 50.2 Å². The average Bonchev–Trinajstić information content (AvgIpc) is 0.678. The van der Waals surface area contributed by atoms with Gasteiger partial charge in [-0.15, -0.1) is 0 Å². The zero-order valence-corrected chi connectivity index (χ0v) is 50.5. The maximum atomic E-state index is 15.7. The number of allylic oxidation sites excluding steroid dienone is 2. The van der Waals surface area contributed by atoms with Gasteiger partial charge in [0.15, 0.2) is 24.8 Å². The van der Waals surface area contributed by atoms with E-state index in [9.17, 15) is 81.1 Å². The highest BCUT2D eigenvalue weighted by Gasteiger charge is 2.72. The van der Waals surface area contributed by atoms with E-state index in [-0.39, 0.29) is 41.3 Å².